The molecule has 2 rings (SSSR count). The van der Waals surface area contributed by atoms with Crippen LogP contribution >= 0.6 is 39.1 Å². The number of aromatic nitrogens is 2. The van der Waals surface area contributed by atoms with Gasteiger partial charge in [-0.05, 0) is 35.3 Å². The quantitative estimate of drug-likeness (QED) is 0.687. The van der Waals surface area contributed by atoms with Crippen molar-refractivity contribution in [1.29, 1.82) is 0 Å². The monoisotopic (exact) mass is 389 g/mol. The van der Waals surface area contributed by atoms with E-state index in [-0.39, 0.29) is 0 Å². The molecule has 1 heterocycles. The molecule has 0 atom stereocenters. The maximum absolute atomic E-state index is 6.15. The average Bonchev–Trinajstić information content (AvgIpc) is 2.45. The predicted octanol–water partition coefficient (Wildman–Crippen LogP) is 5.47. The zero-order valence-electron chi connectivity index (χ0n) is 11.6. The highest BCUT2D eigenvalue weighted by Crippen LogP contribution is 2.36. The SMILES string of the molecule is CCCNc1ncc(C)c(Oc2cc(Cl)c(Br)cc2Cl)n1. The van der Waals surface area contributed by atoms with Crippen molar-refractivity contribution in [2.45, 2.75) is 20.3 Å². The number of nitrogens with one attached hydrogen (secondary N) is 1. The Labute approximate surface area is 142 Å². The van der Waals surface area contributed by atoms with Gasteiger partial charge in [-0.3, -0.25) is 0 Å². The summed E-state index contributed by atoms with van der Waals surface area (Å²) in [5.41, 5.74) is 0.812. The van der Waals surface area contributed by atoms with Gasteiger partial charge in [0.05, 0.1) is 10.0 Å². The second kappa shape index (κ2) is 7.29. The van der Waals surface area contributed by atoms with Crippen molar-refractivity contribution >= 4 is 45.1 Å². The van der Waals surface area contributed by atoms with E-state index in [9.17, 15) is 0 Å². The molecule has 7 heteroatoms. The summed E-state index contributed by atoms with van der Waals surface area (Å²) < 4.78 is 6.48. The van der Waals surface area contributed by atoms with Crippen LogP contribution < -0.4 is 10.1 Å². The zero-order chi connectivity index (χ0) is 15.4. The van der Waals surface area contributed by atoms with Gasteiger partial charge in [0, 0.05) is 28.8 Å². The van der Waals surface area contributed by atoms with Gasteiger partial charge in [0.2, 0.25) is 11.8 Å². The summed E-state index contributed by atoms with van der Waals surface area (Å²) in [5, 5.41) is 4.08. The minimum absolute atomic E-state index is 0.448. The largest absolute Gasteiger partial charge is 0.437 e. The summed E-state index contributed by atoms with van der Waals surface area (Å²) in [6, 6.07) is 3.33. The third kappa shape index (κ3) is 4.22. The van der Waals surface area contributed by atoms with Crippen molar-refractivity contribution in [2.75, 3.05) is 11.9 Å². The van der Waals surface area contributed by atoms with E-state index in [4.69, 9.17) is 27.9 Å². The maximum Gasteiger partial charge on any atom is 0.227 e. The van der Waals surface area contributed by atoms with Gasteiger partial charge in [-0.1, -0.05) is 30.1 Å². The lowest BCUT2D eigenvalue weighted by Crippen LogP contribution is -2.05. The van der Waals surface area contributed by atoms with Crippen LogP contribution in [0.15, 0.2) is 22.8 Å². The molecule has 0 aliphatic carbocycles. The minimum atomic E-state index is 0.448. The van der Waals surface area contributed by atoms with Crippen LogP contribution in [0.4, 0.5) is 5.95 Å². The van der Waals surface area contributed by atoms with Gasteiger partial charge in [0.15, 0.2) is 0 Å². The van der Waals surface area contributed by atoms with Crippen molar-refractivity contribution in [1.82, 2.24) is 9.97 Å². The Morgan fingerprint density at radius 3 is 2.76 bits per heavy atom. The molecule has 0 saturated heterocycles. The van der Waals surface area contributed by atoms with Crippen LogP contribution in [0.3, 0.4) is 0 Å². The summed E-state index contributed by atoms with van der Waals surface area (Å²) in [7, 11) is 0. The first-order valence-electron chi connectivity index (χ1n) is 6.41. The smallest absolute Gasteiger partial charge is 0.227 e. The van der Waals surface area contributed by atoms with Gasteiger partial charge < -0.3 is 10.1 Å². The Morgan fingerprint density at radius 2 is 2.05 bits per heavy atom. The molecule has 2 aromatic rings. The second-order valence-electron chi connectivity index (χ2n) is 4.41. The number of rotatable bonds is 5. The third-order valence-electron chi connectivity index (χ3n) is 2.64. The highest BCUT2D eigenvalue weighted by molar-refractivity contribution is 9.10. The van der Waals surface area contributed by atoms with E-state index in [1.807, 2.05) is 6.92 Å². The Hall–Kier alpha value is -1.04. The van der Waals surface area contributed by atoms with Crippen molar-refractivity contribution in [3.05, 3.63) is 38.4 Å². The zero-order valence-corrected chi connectivity index (χ0v) is 14.7. The molecule has 1 aromatic heterocycles. The Bertz CT molecular complexity index is 652. The number of aryl methyl sites for hydroxylation is 1. The highest BCUT2D eigenvalue weighted by Gasteiger charge is 2.11. The minimum Gasteiger partial charge on any atom is -0.437 e. The molecule has 0 fully saturated rings. The molecule has 1 aromatic carbocycles. The van der Waals surface area contributed by atoms with Crippen LogP contribution in [-0.4, -0.2) is 16.5 Å². The fourth-order valence-electron chi connectivity index (χ4n) is 1.54. The van der Waals surface area contributed by atoms with Gasteiger partial charge in [0.1, 0.15) is 5.75 Å². The highest BCUT2D eigenvalue weighted by atomic mass is 79.9. The summed E-state index contributed by atoms with van der Waals surface area (Å²) in [4.78, 5) is 8.54. The van der Waals surface area contributed by atoms with Gasteiger partial charge in [-0.2, -0.15) is 4.98 Å². The van der Waals surface area contributed by atoms with Crippen LogP contribution in [0.2, 0.25) is 10.0 Å². The fourth-order valence-corrected chi connectivity index (χ4v) is 2.37. The molecule has 21 heavy (non-hydrogen) atoms. The summed E-state index contributed by atoms with van der Waals surface area (Å²) >= 11 is 15.5. The molecule has 0 saturated carbocycles. The van der Waals surface area contributed by atoms with E-state index in [2.05, 4.69) is 38.1 Å². The number of nitrogens with zero attached hydrogens (tertiary/aromatic N) is 2. The Balaban J connectivity index is 2.28. The molecule has 0 spiro atoms. The number of hydrogen-bond donors (Lipinski definition) is 1. The standard InChI is InChI=1S/C14H14BrCl2N3O/c1-3-4-18-14-19-7-8(2)13(20-14)21-12-6-10(16)9(15)5-11(12)17/h5-7H,3-4H2,1-2H3,(H,18,19,20). The fraction of sp³-hybridized carbons (Fsp3) is 0.286. The van der Waals surface area contributed by atoms with Crippen molar-refractivity contribution in [3.8, 4) is 11.6 Å². The van der Waals surface area contributed by atoms with E-state index >= 15 is 0 Å². The van der Waals surface area contributed by atoms with Crippen LogP contribution in [0.1, 0.15) is 18.9 Å². The van der Waals surface area contributed by atoms with Gasteiger partial charge in [-0.15, -0.1) is 0 Å². The summed E-state index contributed by atoms with van der Waals surface area (Å²) in [6.45, 7) is 4.74. The summed E-state index contributed by atoms with van der Waals surface area (Å²) in [6.07, 6.45) is 2.69. The Kier molecular flexibility index (Phi) is 5.67. The molecule has 0 amide bonds. The molecule has 0 radical (unpaired) electrons. The summed E-state index contributed by atoms with van der Waals surface area (Å²) in [5.74, 6) is 1.42. The van der Waals surface area contributed by atoms with Crippen molar-refractivity contribution < 1.29 is 4.74 Å². The van der Waals surface area contributed by atoms with Gasteiger partial charge in [-0.25, -0.2) is 4.98 Å². The number of benzene rings is 1. The molecule has 4 nitrogen and oxygen atoms in total. The molecule has 0 unspecified atom stereocenters. The number of ether oxygens (including phenoxy) is 1. The van der Waals surface area contributed by atoms with Crippen LogP contribution in [0, 0.1) is 6.92 Å². The molecule has 0 bridgehead atoms. The molecule has 1 N–H and O–H groups in total. The molecular formula is C14H14BrCl2N3O. The van der Waals surface area contributed by atoms with Gasteiger partial charge >= 0.3 is 0 Å². The van der Waals surface area contributed by atoms with E-state index in [1.54, 1.807) is 18.3 Å². The van der Waals surface area contributed by atoms with Crippen LogP contribution in [-0.2, 0) is 0 Å². The van der Waals surface area contributed by atoms with E-state index < -0.39 is 0 Å². The van der Waals surface area contributed by atoms with Crippen LogP contribution in [0.25, 0.3) is 0 Å². The third-order valence-corrected chi connectivity index (χ3v) is 4.13. The van der Waals surface area contributed by atoms with Crippen molar-refractivity contribution in [2.24, 2.45) is 0 Å². The first-order chi connectivity index (χ1) is 10.0. The molecule has 0 aliphatic rings. The second-order valence-corrected chi connectivity index (χ2v) is 6.08. The van der Waals surface area contributed by atoms with E-state index in [0.29, 0.717) is 32.1 Å². The normalized spacial score (nSPS) is 10.5. The number of anilines is 1. The first-order valence-corrected chi connectivity index (χ1v) is 7.96. The molecular weight excluding hydrogens is 377 g/mol. The lowest BCUT2D eigenvalue weighted by atomic mass is 10.3. The first kappa shape index (κ1) is 16.3. The topological polar surface area (TPSA) is 47.0 Å². The average molecular weight is 391 g/mol. The maximum atomic E-state index is 6.15. The predicted molar refractivity (Wildman–Crippen MR) is 89.8 cm³/mol. The lowest BCUT2D eigenvalue weighted by molar-refractivity contribution is 0.458. The number of hydrogen-bond acceptors (Lipinski definition) is 4. The molecule has 0 aliphatic heterocycles. The van der Waals surface area contributed by atoms with Gasteiger partial charge in [0.25, 0.3) is 0 Å². The lowest BCUT2D eigenvalue weighted by Gasteiger charge is -2.11. The van der Waals surface area contributed by atoms with E-state index in [0.717, 1.165) is 18.5 Å². The van der Waals surface area contributed by atoms with Crippen LogP contribution in [0.5, 0.6) is 11.6 Å². The van der Waals surface area contributed by atoms with Crippen molar-refractivity contribution in [3.63, 3.8) is 0 Å². The number of halogens is 3. The molecule has 112 valence electrons. The Morgan fingerprint density at radius 1 is 1.29 bits per heavy atom. The van der Waals surface area contributed by atoms with E-state index in [1.165, 1.54) is 0 Å².